The highest BCUT2D eigenvalue weighted by atomic mass is 16.5. The summed E-state index contributed by atoms with van der Waals surface area (Å²) in [6.45, 7) is 2.83. The first kappa shape index (κ1) is 14.2. The zero-order valence-electron chi connectivity index (χ0n) is 11.7. The van der Waals surface area contributed by atoms with Gasteiger partial charge in [0.25, 0.3) is 0 Å². The molecule has 2 aromatic rings. The number of nitrogens with one attached hydrogen (secondary N) is 1. The number of methoxy groups -OCH3 is 1. The van der Waals surface area contributed by atoms with Crippen molar-refractivity contribution in [2.45, 2.75) is 19.5 Å². The number of pyridine rings is 1. The molecule has 0 aliphatic carbocycles. The van der Waals surface area contributed by atoms with Crippen LogP contribution in [0, 0.1) is 0 Å². The summed E-state index contributed by atoms with van der Waals surface area (Å²) in [6, 6.07) is 11.6. The molecule has 0 aliphatic rings. The first-order chi connectivity index (χ1) is 9.70. The Balaban J connectivity index is 1.93. The van der Waals surface area contributed by atoms with Gasteiger partial charge in [0, 0.05) is 25.0 Å². The first-order valence-corrected chi connectivity index (χ1v) is 6.51. The van der Waals surface area contributed by atoms with Crippen LogP contribution in [0.25, 0.3) is 0 Å². The standard InChI is InChI=1S/C16H18N2O2/c1-12(15-4-3-9-17-11-15)18-10-13-5-7-14(8-6-13)16(19)20-2/h3-9,11-12,18H,10H2,1-2H3/t12-/m1/s1. The van der Waals surface area contributed by atoms with Crippen LogP contribution < -0.4 is 5.32 Å². The largest absolute Gasteiger partial charge is 0.465 e. The van der Waals surface area contributed by atoms with Crippen molar-refractivity contribution in [3.8, 4) is 0 Å². The summed E-state index contributed by atoms with van der Waals surface area (Å²) in [5.41, 5.74) is 2.84. The van der Waals surface area contributed by atoms with Crippen molar-refractivity contribution in [1.29, 1.82) is 0 Å². The summed E-state index contributed by atoms with van der Waals surface area (Å²) in [6.07, 6.45) is 3.62. The van der Waals surface area contributed by atoms with Crippen LogP contribution in [0.15, 0.2) is 48.8 Å². The van der Waals surface area contributed by atoms with Crippen LogP contribution in [0.2, 0.25) is 0 Å². The number of hydrogen-bond donors (Lipinski definition) is 1. The summed E-state index contributed by atoms with van der Waals surface area (Å²) < 4.78 is 4.67. The minimum absolute atomic E-state index is 0.226. The quantitative estimate of drug-likeness (QED) is 0.849. The van der Waals surface area contributed by atoms with Gasteiger partial charge in [0.1, 0.15) is 0 Å². The molecule has 0 amide bonds. The van der Waals surface area contributed by atoms with Crippen molar-refractivity contribution in [3.05, 3.63) is 65.5 Å². The van der Waals surface area contributed by atoms with Crippen molar-refractivity contribution >= 4 is 5.97 Å². The molecule has 0 aliphatic heterocycles. The first-order valence-electron chi connectivity index (χ1n) is 6.51. The molecule has 0 radical (unpaired) electrons. The van der Waals surface area contributed by atoms with E-state index in [0.29, 0.717) is 5.56 Å². The molecule has 1 aromatic carbocycles. The normalized spacial score (nSPS) is 11.9. The minimum Gasteiger partial charge on any atom is -0.465 e. The Kier molecular flexibility index (Phi) is 4.85. The highest BCUT2D eigenvalue weighted by Crippen LogP contribution is 2.12. The van der Waals surface area contributed by atoms with E-state index in [0.717, 1.165) is 17.7 Å². The molecular weight excluding hydrogens is 252 g/mol. The van der Waals surface area contributed by atoms with E-state index in [-0.39, 0.29) is 12.0 Å². The van der Waals surface area contributed by atoms with Gasteiger partial charge in [-0.1, -0.05) is 18.2 Å². The molecule has 20 heavy (non-hydrogen) atoms. The summed E-state index contributed by atoms with van der Waals surface area (Å²) in [5, 5.41) is 3.42. The van der Waals surface area contributed by atoms with Crippen LogP contribution >= 0.6 is 0 Å². The van der Waals surface area contributed by atoms with Gasteiger partial charge in [-0.15, -0.1) is 0 Å². The van der Waals surface area contributed by atoms with Crippen LogP contribution in [-0.2, 0) is 11.3 Å². The second-order valence-electron chi connectivity index (χ2n) is 4.58. The van der Waals surface area contributed by atoms with Gasteiger partial charge in [-0.25, -0.2) is 4.79 Å². The third kappa shape index (κ3) is 3.65. The van der Waals surface area contributed by atoms with Crippen molar-refractivity contribution in [1.82, 2.24) is 10.3 Å². The molecule has 0 saturated heterocycles. The Bertz CT molecular complexity index is 552. The smallest absolute Gasteiger partial charge is 0.337 e. The predicted molar refractivity (Wildman–Crippen MR) is 77.3 cm³/mol. The Morgan fingerprint density at radius 1 is 1.30 bits per heavy atom. The van der Waals surface area contributed by atoms with E-state index >= 15 is 0 Å². The molecule has 0 fully saturated rings. The van der Waals surface area contributed by atoms with Crippen molar-refractivity contribution in [2.24, 2.45) is 0 Å². The molecule has 0 spiro atoms. The number of esters is 1. The number of aromatic nitrogens is 1. The van der Waals surface area contributed by atoms with E-state index in [4.69, 9.17) is 0 Å². The van der Waals surface area contributed by atoms with Gasteiger partial charge in [0.05, 0.1) is 12.7 Å². The molecule has 4 nitrogen and oxygen atoms in total. The molecular formula is C16H18N2O2. The molecule has 1 atom stereocenters. The molecule has 0 bridgehead atoms. The molecule has 2 rings (SSSR count). The van der Waals surface area contributed by atoms with Crippen molar-refractivity contribution in [2.75, 3.05) is 7.11 Å². The highest BCUT2D eigenvalue weighted by Gasteiger charge is 2.06. The maximum absolute atomic E-state index is 11.3. The van der Waals surface area contributed by atoms with Crippen LogP contribution in [0.4, 0.5) is 0 Å². The molecule has 4 heteroatoms. The number of rotatable bonds is 5. The van der Waals surface area contributed by atoms with Crippen molar-refractivity contribution in [3.63, 3.8) is 0 Å². The van der Waals surface area contributed by atoms with Gasteiger partial charge < -0.3 is 10.1 Å². The third-order valence-corrected chi connectivity index (χ3v) is 3.17. The van der Waals surface area contributed by atoms with Gasteiger partial charge >= 0.3 is 5.97 Å². The average Bonchev–Trinajstić information content (AvgIpc) is 2.53. The predicted octanol–water partition coefficient (Wildman–Crippen LogP) is 2.72. The summed E-state index contributed by atoms with van der Waals surface area (Å²) >= 11 is 0. The van der Waals surface area contributed by atoms with Crippen LogP contribution in [0.3, 0.4) is 0 Å². The Labute approximate surface area is 118 Å². The number of carbonyl (C=O) groups excluding carboxylic acids is 1. The van der Waals surface area contributed by atoms with Crippen LogP contribution in [-0.4, -0.2) is 18.1 Å². The lowest BCUT2D eigenvalue weighted by Crippen LogP contribution is -2.18. The Morgan fingerprint density at radius 2 is 2.05 bits per heavy atom. The zero-order valence-corrected chi connectivity index (χ0v) is 11.7. The van der Waals surface area contributed by atoms with Gasteiger partial charge in [0.2, 0.25) is 0 Å². The molecule has 1 aromatic heterocycles. The minimum atomic E-state index is -0.312. The molecule has 0 saturated carbocycles. The lowest BCUT2D eigenvalue weighted by atomic mass is 10.1. The molecule has 104 valence electrons. The maximum Gasteiger partial charge on any atom is 0.337 e. The number of ether oxygens (including phenoxy) is 1. The van der Waals surface area contributed by atoms with E-state index in [2.05, 4.69) is 22.0 Å². The zero-order chi connectivity index (χ0) is 14.4. The lowest BCUT2D eigenvalue weighted by Gasteiger charge is -2.13. The van der Waals surface area contributed by atoms with Crippen LogP contribution in [0.1, 0.15) is 34.5 Å². The SMILES string of the molecule is COC(=O)c1ccc(CN[C@H](C)c2cccnc2)cc1. The number of benzene rings is 1. The van der Waals surface area contributed by atoms with Crippen molar-refractivity contribution < 1.29 is 9.53 Å². The number of hydrogen-bond acceptors (Lipinski definition) is 4. The topological polar surface area (TPSA) is 51.2 Å². The van der Waals surface area contributed by atoms with E-state index in [1.54, 1.807) is 18.3 Å². The third-order valence-electron chi connectivity index (χ3n) is 3.17. The van der Waals surface area contributed by atoms with Gasteiger partial charge in [-0.2, -0.15) is 0 Å². The van der Waals surface area contributed by atoms with Gasteiger partial charge in [0.15, 0.2) is 0 Å². The monoisotopic (exact) mass is 270 g/mol. The second-order valence-corrected chi connectivity index (χ2v) is 4.58. The van der Waals surface area contributed by atoms with Crippen LogP contribution in [0.5, 0.6) is 0 Å². The lowest BCUT2D eigenvalue weighted by molar-refractivity contribution is 0.0600. The number of nitrogens with zero attached hydrogens (tertiary/aromatic N) is 1. The molecule has 1 heterocycles. The summed E-state index contributed by atoms with van der Waals surface area (Å²) in [7, 11) is 1.38. The fourth-order valence-corrected chi connectivity index (χ4v) is 1.90. The average molecular weight is 270 g/mol. The van der Waals surface area contributed by atoms with E-state index in [9.17, 15) is 4.79 Å². The fourth-order valence-electron chi connectivity index (χ4n) is 1.90. The maximum atomic E-state index is 11.3. The number of carbonyl (C=O) groups is 1. The van der Waals surface area contributed by atoms with E-state index in [1.807, 2.05) is 30.5 Å². The molecule has 0 unspecified atom stereocenters. The molecule has 1 N–H and O–H groups in total. The Morgan fingerprint density at radius 3 is 2.65 bits per heavy atom. The fraction of sp³-hybridized carbons (Fsp3) is 0.250. The second kappa shape index (κ2) is 6.82. The Hall–Kier alpha value is -2.20. The van der Waals surface area contributed by atoms with E-state index < -0.39 is 0 Å². The van der Waals surface area contributed by atoms with Gasteiger partial charge in [-0.05, 0) is 36.2 Å². The highest BCUT2D eigenvalue weighted by molar-refractivity contribution is 5.89. The van der Waals surface area contributed by atoms with Gasteiger partial charge in [-0.3, -0.25) is 4.98 Å². The van der Waals surface area contributed by atoms with E-state index in [1.165, 1.54) is 7.11 Å². The summed E-state index contributed by atoms with van der Waals surface area (Å²) in [4.78, 5) is 15.4. The summed E-state index contributed by atoms with van der Waals surface area (Å²) in [5.74, 6) is -0.312.